The molecule has 0 bridgehead atoms. The van der Waals surface area contributed by atoms with E-state index in [1.54, 1.807) is 6.20 Å². The second kappa shape index (κ2) is 7.53. The molecular formula is C16H22BrN3O2. The number of likely N-dealkylation sites (tertiary alicyclic amines) is 1. The van der Waals surface area contributed by atoms with Crippen LogP contribution in [0.5, 0.6) is 0 Å². The van der Waals surface area contributed by atoms with E-state index in [9.17, 15) is 4.79 Å². The van der Waals surface area contributed by atoms with Crippen LogP contribution >= 0.6 is 15.9 Å². The first-order valence-corrected chi connectivity index (χ1v) is 8.76. The van der Waals surface area contributed by atoms with Crippen molar-refractivity contribution in [2.75, 3.05) is 31.6 Å². The van der Waals surface area contributed by atoms with Gasteiger partial charge in [0.2, 0.25) is 5.91 Å². The summed E-state index contributed by atoms with van der Waals surface area (Å²) in [6.45, 7) is 3.74. The molecule has 120 valence electrons. The van der Waals surface area contributed by atoms with Crippen LogP contribution in [0.4, 0.5) is 5.82 Å². The van der Waals surface area contributed by atoms with Gasteiger partial charge in [-0.05, 0) is 60.3 Å². The number of pyridine rings is 1. The minimum Gasteiger partial charge on any atom is -0.377 e. The van der Waals surface area contributed by atoms with Gasteiger partial charge in [-0.2, -0.15) is 0 Å². The van der Waals surface area contributed by atoms with Gasteiger partial charge in [-0.1, -0.05) is 0 Å². The first-order chi connectivity index (χ1) is 10.7. The van der Waals surface area contributed by atoms with Crippen LogP contribution in [0.1, 0.15) is 25.7 Å². The van der Waals surface area contributed by atoms with Crippen LogP contribution in [-0.4, -0.2) is 48.1 Å². The van der Waals surface area contributed by atoms with E-state index in [0.717, 1.165) is 56.4 Å². The molecule has 0 spiro atoms. The number of hydrogen-bond donors (Lipinski definition) is 1. The molecule has 3 heterocycles. The zero-order chi connectivity index (χ0) is 15.4. The normalized spacial score (nSPS) is 26.0. The third-order valence-corrected chi connectivity index (χ3v) is 4.81. The summed E-state index contributed by atoms with van der Waals surface area (Å²) in [6.07, 6.45) is 6.38. The van der Waals surface area contributed by atoms with E-state index in [2.05, 4.69) is 31.1 Å². The number of carbonyl (C=O) groups excluding carboxylic acids is 1. The van der Waals surface area contributed by atoms with Crippen LogP contribution in [0.25, 0.3) is 0 Å². The molecule has 0 radical (unpaired) electrons. The Bertz CT molecular complexity index is 503. The predicted octanol–water partition coefficient (Wildman–Crippen LogP) is 2.67. The predicted molar refractivity (Wildman–Crippen MR) is 88.7 cm³/mol. The number of aromatic nitrogens is 1. The number of carbonyl (C=O) groups is 1. The molecule has 0 aromatic carbocycles. The fraction of sp³-hybridized carbons (Fsp3) is 0.625. The van der Waals surface area contributed by atoms with Crippen molar-refractivity contribution in [3.05, 3.63) is 22.8 Å². The van der Waals surface area contributed by atoms with E-state index in [4.69, 9.17) is 4.74 Å². The maximum absolute atomic E-state index is 12.4. The van der Waals surface area contributed by atoms with Crippen molar-refractivity contribution in [1.82, 2.24) is 9.88 Å². The molecule has 2 fully saturated rings. The zero-order valence-corrected chi connectivity index (χ0v) is 14.2. The molecule has 3 rings (SSSR count). The molecule has 1 N–H and O–H groups in total. The molecule has 0 saturated carbocycles. The van der Waals surface area contributed by atoms with Gasteiger partial charge in [-0.25, -0.2) is 4.98 Å². The summed E-state index contributed by atoms with van der Waals surface area (Å²) in [6, 6.07) is 3.70. The summed E-state index contributed by atoms with van der Waals surface area (Å²) < 4.78 is 6.61. The van der Waals surface area contributed by atoms with Crippen molar-refractivity contribution >= 4 is 27.7 Å². The lowest BCUT2D eigenvalue weighted by Gasteiger charge is -2.33. The number of hydrogen-bond acceptors (Lipinski definition) is 4. The summed E-state index contributed by atoms with van der Waals surface area (Å²) >= 11 is 3.34. The number of ether oxygens (including phenoxy) is 1. The molecule has 22 heavy (non-hydrogen) atoms. The van der Waals surface area contributed by atoms with Crippen LogP contribution in [0.2, 0.25) is 0 Å². The van der Waals surface area contributed by atoms with Crippen molar-refractivity contribution < 1.29 is 9.53 Å². The summed E-state index contributed by atoms with van der Waals surface area (Å²) in [5.74, 6) is 0.733. The van der Waals surface area contributed by atoms with Crippen LogP contribution in [0.3, 0.4) is 0 Å². The molecule has 0 aliphatic carbocycles. The third-order valence-electron chi connectivity index (χ3n) is 4.34. The molecule has 1 aromatic rings. The van der Waals surface area contributed by atoms with Gasteiger partial charge in [0.05, 0.1) is 12.0 Å². The number of nitrogens with zero attached hydrogens (tertiary/aromatic N) is 2. The molecule has 2 saturated heterocycles. The molecule has 1 amide bonds. The fourth-order valence-electron chi connectivity index (χ4n) is 3.19. The second-order valence-corrected chi connectivity index (χ2v) is 7.00. The van der Waals surface area contributed by atoms with E-state index in [-0.39, 0.29) is 11.8 Å². The van der Waals surface area contributed by atoms with E-state index in [1.807, 2.05) is 12.1 Å². The topological polar surface area (TPSA) is 54.5 Å². The van der Waals surface area contributed by atoms with Crippen molar-refractivity contribution in [1.29, 1.82) is 0 Å². The maximum Gasteiger partial charge on any atom is 0.229 e. The van der Waals surface area contributed by atoms with Gasteiger partial charge >= 0.3 is 0 Å². The molecule has 5 nitrogen and oxygen atoms in total. The molecule has 6 heteroatoms. The quantitative estimate of drug-likeness (QED) is 0.888. The largest absolute Gasteiger partial charge is 0.377 e. The van der Waals surface area contributed by atoms with E-state index in [0.29, 0.717) is 11.9 Å². The average molecular weight is 368 g/mol. The van der Waals surface area contributed by atoms with E-state index < -0.39 is 0 Å². The summed E-state index contributed by atoms with van der Waals surface area (Å²) in [5, 5.41) is 2.92. The Labute approximate surface area is 139 Å². The van der Waals surface area contributed by atoms with Gasteiger partial charge in [0.25, 0.3) is 0 Å². The summed E-state index contributed by atoms with van der Waals surface area (Å²) in [7, 11) is 0. The Morgan fingerprint density at radius 3 is 3.05 bits per heavy atom. The minimum atomic E-state index is 0.0422. The number of amides is 1. The number of piperidine rings is 1. The van der Waals surface area contributed by atoms with E-state index in [1.165, 1.54) is 0 Å². The smallest absolute Gasteiger partial charge is 0.229 e. The Balaban J connectivity index is 1.52. The highest BCUT2D eigenvalue weighted by Crippen LogP contribution is 2.21. The number of halogens is 1. The van der Waals surface area contributed by atoms with Crippen LogP contribution < -0.4 is 5.32 Å². The molecule has 2 aliphatic heterocycles. The standard InChI is InChI=1S/C16H22BrN3O2/c17-13-5-6-15(18-9-13)19-16(21)12-3-1-7-20(10-12)11-14-4-2-8-22-14/h5-6,9,12,14H,1-4,7-8,10-11H2,(H,18,19,21)/t12-,14+/m0/s1. The van der Waals surface area contributed by atoms with Gasteiger partial charge in [0.15, 0.2) is 0 Å². The lowest BCUT2D eigenvalue weighted by atomic mass is 9.96. The minimum absolute atomic E-state index is 0.0422. The fourth-order valence-corrected chi connectivity index (χ4v) is 3.42. The third kappa shape index (κ3) is 4.27. The van der Waals surface area contributed by atoms with Crippen molar-refractivity contribution in [2.45, 2.75) is 31.8 Å². The molecule has 2 atom stereocenters. The van der Waals surface area contributed by atoms with Gasteiger partial charge in [-0.3, -0.25) is 9.69 Å². The van der Waals surface area contributed by atoms with Gasteiger partial charge in [-0.15, -0.1) is 0 Å². The SMILES string of the molecule is O=C(Nc1ccc(Br)cn1)[C@H]1CCCN(C[C@H]2CCCO2)C1. The molecule has 0 unspecified atom stereocenters. The van der Waals surface area contributed by atoms with Gasteiger partial charge in [0.1, 0.15) is 5.82 Å². The molecule has 1 aromatic heterocycles. The highest BCUT2D eigenvalue weighted by Gasteiger charge is 2.28. The highest BCUT2D eigenvalue weighted by molar-refractivity contribution is 9.10. The Morgan fingerprint density at radius 1 is 1.41 bits per heavy atom. The zero-order valence-electron chi connectivity index (χ0n) is 12.6. The average Bonchev–Trinajstić information content (AvgIpc) is 3.03. The second-order valence-electron chi connectivity index (χ2n) is 6.08. The van der Waals surface area contributed by atoms with Crippen molar-refractivity contribution in [3.8, 4) is 0 Å². The Kier molecular flexibility index (Phi) is 5.44. The monoisotopic (exact) mass is 367 g/mol. The van der Waals surface area contributed by atoms with Gasteiger partial charge in [0, 0.05) is 30.4 Å². The van der Waals surface area contributed by atoms with Crippen molar-refractivity contribution in [2.24, 2.45) is 5.92 Å². The van der Waals surface area contributed by atoms with E-state index >= 15 is 0 Å². The Hall–Kier alpha value is -0.980. The molecular weight excluding hydrogens is 346 g/mol. The summed E-state index contributed by atoms with van der Waals surface area (Å²) in [5.41, 5.74) is 0. The maximum atomic E-state index is 12.4. The lowest BCUT2D eigenvalue weighted by Crippen LogP contribution is -2.43. The number of rotatable bonds is 4. The van der Waals surface area contributed by atoms with Crippen LogP contribution in [0, 0.1) is 5.92 Å². The number of anilines is 1. The van der Waals surface area contributed by atoms with Crippen LogP contribution in [-0.2, 0) is 9.53 Å². The molecule has 2 aliphatic rings. The highest BCUT2D eigenvalue weighted by atomic mass is 79.9. The van der Waals surface area contributed by atoms with Gasteiger partial charge < -0.3 is 10.1 Å². The van der Waals surface area contributed by atoms with Crippen molar-refractivity contribution in [3.63, 3.8) is 0 Å². The Morgan fingerprint density at radius 2 is 2.32 bits per heavy atom. The van der Waals surface area contributed by atoms with Crippen LogP contribution in [0.15, 0.2) is 22.8 Å². The summed E-state index contributed by atoms with van der Waals surface area (Å²) in [4.78, 5) is 19.0. The first-order valence-electron chi connectivity index (χ1n) is 7.97. The number of nitrogens with one attached hydrogen (secondary N) is 1. The first kappa shape index (κ1) is 15.9. The lowest BCUT2D eigenvalue weighted by molar-refractivity contribution is -0.121.